The maximum atomic E-state index is 6.66. The van der Waals surface area contributed by atoms with Crippen molar-refractivity contribution in [3.8, 4) is 11.4 Å². The molecule has 4 heteroatoms. The molecule has 2 aromatic heterocycles. The predicted octanol–water partition coefficient (Wildman–Crippen LogP) is 10.8. The normalized spacial score (nSPS) is 17.2. The molecule has 282 valence electrons. The number of fused-ring (bicyclic) bond motifs is 8. The Labute approximate surface area is 345 Å². The van der Waals surface area contributed by atoms with Crippen molar-refractivity contribution >= 4 is 67.6 Å². The lowest BCUT2D eigenvalue weighted by atomic mass is 9.75. The number of nitrogens with zero attached hydrogens (tertiary/aromatic N) is 2. The number of aromatic nitrogens is 2. The molecule has 12 rings (SSSR count). The van der Waals surface area contributed by atoms with Gasteiger partial charge in [0.1, 0.15) is 11.5 Å². The fraction of sp³-hybridized carbons (Fsp3) is 0.0909. The second kappa shape index (κ2) is 13.3. The molecule has 0 fully saturated rings. The van der Waals surface area contributed by atoms with E-state index >= 15 is 0 Å². The fourth-order valence-corrected chi connectivity index (χ4v) is 15.7. The first-order chi connectivity index (χ1) is 29.2. The van der Waals surface area contributed by atoms with E-state index in [1.54, 1.807) is 0 Å². The van der Waals surface area contributed by atoms with Crippen molar-refractivity contribution < 1.29 is 4.74 Å². The second-order valence-corrected chi connectivity index (χ2v) is 20.2. The van der Waals surface area contributed by atoms with Gasteiger partial charge >= 0.3 is 0 Å². The lowest BCUT2D eigenvalue weighted by Gasteiger charge is -2.35. The molecule has 0 spiro atoms. The van der Waals surface area contributed by atoms with E-state index in [1.165, 1.54) is 76.0 Å². The number of ether oxygens (including phenoxy) is 1. The number of hydrogen-bond donors (Lipinski definition) is 0. The third-order valence-electron chi connectivity index (χ3n) is 13.4. The zero-order valence-electron chi connectivity index (χ0n) is 32.9. The van der Waals surface area contributed by atoms with Crippen LogP contribution in [0, 0.1) is 5.92 Å². The van der Waals surface area contributed by atoms with Crippen molar-refractivity contribution in [1.82, 2.24) is 9.13 Å². The standard InChI is InChI=1S/C55H42N2OSi/c1-37-54-46-25-10-14-29-50(46)57(51(54)36-53-55(37)47-26-11-15-30-52(47)58-53)39-17-16-22-43(35-39)59(40-18-4-2-5-19-40,41-20-6-3-7-21-41)42-33-31-38(32-34-42)56-48-27-12-8-23-44(48)45-24-9-13-28-49(45)56/h2-10,12-25,27-37,55H,11,26H2,1H3. The smallest absolute Gasteiger partial charge is 0.179 e. The molecule has 3 heterocycles. The third kappa shape index (κ3) is 5.00. The Morgan fingerprint density at radius 1 is 0.525 bits per heavy atom. The predicted molar refractivity (Wildman–Crippen MR) is 248 cm³/mol. The van der Waals surface area contributed by atoms with Crippen molar-refractivity contribution in [3.05, 3.63) is 222 Å². The maximum Gasteiger partial charge on any atom is 0.179 e. The van der Waals surface area contributed by atoms with E-state index in [1.807, 2.05) is 0 Å². The molecule has 2 unspecified atom stereocenters. The largest absolute Gasteiger partial charge is 0.461 e. The molecule has 0 radical (unpaired) electrons. The van der Waals surface area contributed by atoms with Crippen molar-refractivity contribution in [3.63, 3.8) is 0 Å². The van der Waals surface area contributed by atoms with E-state index in [0.29, 0.717) is 5.92 Å². The summed E-state index contributed by atoms with van der Waals surface area (Å²) in [7, 11) is -2.89. The molecule has 0 bridgehead atoms. The van der Waals surface area contributed by atoms with Gasteiger partial charge < -0.3 is 13.9 Å². The summed E-state index contributed by atoms with van der Waals surface area (Å²) in [6.07, 6.45) is 8.95. The molecule has 0 saturated heterocycles. The van der Waals surface area contributed by atoms with Crippen molar-refractivity contribution in [2.45, 2.75) is 25.7 Å². The first-order valence-corrected chi connectivity index (χ1v) is 22.9. The van der Waals surface area contributed by atoms with Crippen LogP contribution in [-0.4, -0.2) is 17.2 Å². The minimum absolute atomic E-state index is 0.287. The van der Waals surface area contributed by atoms with Gasteiger partial charge in [0.05, 0.1) is 22.2 Å². The topological polar surface area (TPSA) is 19.1 Å². The monoisotopic (exact) mass is 774 g/mol. The van der Waals surface area contributed by atoms with Crippen LogP contribution in [0.3, 0.4) is 0 Å². The van der Waals surface area contributed by atoms with E-state index in [4.69, 9.17) is 4.74 Å². The molecule has 1 aliphatic heterocycles. The van der Waals surface area contributed by atoms with E-state index in [2.05, 4.69) is 216 Å². The Kier molecular flexibility index (Phi) is 7.73. The number of allylic oxidation sites excluding steroid dienone is 3. The first-order valence-electron chi connectivity index (χ1n) is 20.9. The molecule has 2 atom stereocenters. The summed E-state index contributed by atoms with van der Waals surface area (Å²) in [5.74, 6) is 2.73. The molecule has 0 amide bonds. The third-order valence-corrected chi connectivity index (χ3v) is 18.1. The molecular formula is C55H42N2OSi. The van der Waals surface area contributed by atoms with Gasteiger partial charge in [-0.2, -0.15) is 0 Å². The van der Waals surface area contributed by atoms with Gasteiger partial charge in [0.2, 0.25) is 0 Å². The van der Waals surface area contributed by atoms with Crippen LogP contribution in [0.5, 0.6) is 0 Å². The summed E-state index contributed by atoms with van der Waals surface area (Å²) in [6, 6.07) is 68.0. The molecule has 3 nitrogen and oxygen atoms in total. The molecule has 0 N–H and O–H groups in total. The highest BCUT2D eigenvalue weighted by molar-refractivity contribution is 7.19. The van der Waals surface area contributed by atoms with Crippen molar-refractivity contribution in [2.24, 2.45) is 5.92 Å². The first kappa shape index (κ1) is 34.2. The van der Waals surface area contributed by atoms with Gasteiger partial charge in [-0.3, -0.25) is 0 Å². The Hall–Kier alpha value is -6.88. The lowest BCUT2D eigenvalue weighted by molar-refractivity contribution is 0.310. The van der Waals surface area contributed by atoms with Gasteiger partial charge in [0.15, 0.2) is 8.07 Å². The van der Waals surface area contributed by atoms with Crippen molar-refractivity contribution in [2.75, 3.05) is 0 Å². The average Bonchev–Trinajstić information content (AvgIpc) is 3.96. The van der Waals surface area contributed by atoms with Crippen LogP contribution in [0.25, 0.3) is 50.2 Å². The molecule has 59 heavy (non-hydrogen) atoms. The summed E-state index contributed by atoms with van der Waals surface area (Å²) >= 11 is 0. The highest BCUT2D eigenvalue weighted by Crippen LogP contribution is 2.53. The average molecular weight is 775 g/mol. The van der Waals surface area contributed by atoms with E-state index in [-0.39, 0.29) is 5.92 Å². The Morgan fingerprint density at radius 2 is 1.08 bits per heavy atom. The zero-order valence-corrected chi connectivity index (χ0v) is 33.9. The van der Waals surface area contributed by atoms with Crippen LogP contribution >= 0.6 is 0 Å². The van der Waals surface area contributed by atoms with E-state index in [0.717, 1.165) is 30.0 Å². The van der Waals surface area contributed by atoms with Gasteiger partial charge in [-0.25, -0.2) is 0 Å². The molecular weight excluding hydrogens is 733 g/mol. The van der Waals surface area contributed by atoms with Crippen LogP contribution in [-0.2, 0) is 4.74 Å². The molecule has 0 saturated carbocycles. The van der Waals surface area contributed by atoms with Crippen molar-refractivity contribution in [1.29, 1.82) is 0 Å². The van der Waals surface area contributed by atoms with Gasteiger partial charge in [-0.15, -0.1) is 0 Å². The summed E-state index contributed by atoms with van der Waals surface area (Å²) in [4.78, 5) is 0. The zero-order chi connectivity index (χ0) is 39.1. The molecule has 7 aromatic carbocycles. The van der Waals surface area contributed by atoms with Gasteiger partial charge in [-0.05, 0) is 99.2 Å². The number of benzene rings is 7. The fourth-order valence-electron chi connectivity index (χ4n) is 10.9. The van der Waals surface area contributed by atoms with Gasteiger partial charge in [0.25, 0.3) is 0 Å². The van der Waals surface area contributed by atoms with E-state index < -0.39 is 8.07 Å². The minimum atomic E-state index is -2.89. The quantitative estimate of drug-likeness (QED) is 0.122. The molecule has 3 aliphatic rings. The Balaban J connectivity index is 1.08. The summed E-state index contributed by atoms with van der Waals surface area (Å²) in [5.41, 5.74) is 10.1. The highest BCUT2D eigenvalue weighted by atomic mass is 28.3. The van der Waals surface area contributed by atoms with Gasteiger partial charge in [-0.1, -0.05) is 153 Å². The van der Waals surface area contributed by atoms with Crippen LogP contribution in [0.15, 0.2) is 211 Å². The summed E-state index contributed by atoms with van der Waals surface area (Å²) in [5, 5.41) is 9.27. The van der Waals surface area contributed by atoms with Crippen LogP contribution in [0.4, 0.5) is 0 Å². The van der Waals surface area contributed by atoms with Crippen LogP contribution in [0.1, 0.15) is 36.9 Å². The highest BCUT2D eigenvalue weighted by Gasteiger charge is 2.44. The van der Waals surface area contributed by atoms with Crippen LogP contribution in [0.2, 0.25) is 0 Å². The van der Waals surface area contributed by atoms with Gasteiger partial charge in [0, 0.05) is 39.5 Å². The summed E-state index contributed by atoms with van der Waals surface area (Å²) in [6.45, 7) is 2.41. The van der Waals surface area contributed by atoms with Crippen LogP contribution < -0.4 is 20.7 Å². The maximum absolute atomic E-state index is 6.66. The SMILES string of the molecule is CC1c2c(n(-c3cccc([Si](c4ccccc4)(c4ccccc4)c4ccc(-n5c6ccccc6c6ccccc65)cc4)c3)c3ccccc23)C=C2OC3=C(CCC=C3)C21. The Bertz CT molecular complexity index is 3110. The van der Waals surface area contributed by atoms with E-state index in [9.17, 15) is 0 Å². The minimum Gasteiger partial charge on any atom is -0.461 e. The summed E-state index contributed by atoms with van der Waals surface area (Å²) < 4.78 is 11.6. The number of para-hydroxylation sites is 3. The Morgan fingerprint density at radius 3 is 1.75 bits per heavy atom. The molecule has 9 aromatic rings. The second-order valence-electron chi connectivity index (χ2n) is 16.3. The molecule has 2 aliphatic carbocycles. The lowest BCUT2D eigenvalue weighted by Crippen LogP contribution is -2.74. The number of rotatable bonds is 6. The number of hydrogen-bond acceptors (Lipinski definition) is 1.